The Hall–Kier alpha value is -0.214. The van der Waals surface area contributed by atoms with Gasteiger partial charge in [0.2, 0.25) is 0 Å². The van der Waals surface area contributed by atoms with Crippen LogP contribution in [0.25, 0.3) is 0 Å². The van der Waals surface area contributed by atoms with Crippen LogP contribution in [-0.2, 0) is 16.5 Å². The van der Waals surface area contributed by atoms with Gasteiger partial charge < -0.3 is 9.29 Å². The smallest absolute Gasteiger partial charge is 0.744 e. The van der Waals surface area contributed by atoms with E-state index >= 15 is 0 Å². The Kier molecular flexibility index (Phi) is 12.8. The molecule has 148 valence electrons. The predicted octanol–water partition coefficient (Wildman–Crippen LogP) is 3.07. The summed E-state index contributed by atoms with van der Waals surface area (Å²) in [6, 6.07) is 13.6. The zero-order chi connectivity index (χ0) is 19.5. The largest absolute Gasteiger partial charge is 1.00 e. The number of hydrogen-bond acceptors (Lipinski definition) is 4. The van der Waals surface area contributed by atoms with Crippen LogP contribution < -0.4 is 56.1 Å². The third kappa shape index (κ3) is 9.52. The standard InChI is InChI=1S/C22H30O4S.K/c1-2-3-4-5-6-7-8-10-13-19-16-17-21(27(23,24)25)18-22(19)26-20-14-11-9-12-15-20;/h9,11-12,14-18H,2-8,10,13H2,1H3,(H,23,24,25);/q;+1/p-1. The van der Waals surface area contributed by atoms with Crippen molar-refractivity contribution in [2.24, 2.45) is 0 Å². The van der Waals surface area contributed by atoms with E-state index in [0.29, 0.717) is 11.5 Å². The van der Waals surface area contributed by atoms with Crippen LogP contribution in [0.5, 0.6) is 11.5 Å². The first kappa shape index (κ1) is 25.8. The van der Waals surface area contributed by atoms with Crippen molar-refractivity contribution in [3.63, 3.8) is 0 Å². The molecule has 2 rings (SSSR count). The maximum atomic E-state index is 11.3. The minimum absolute atomic E-state index is 0. The maximum Gasteiger partial charge on any atom is 1.00 e. The van der Waals surface area contributed by atoms with Crippen molar-refractivity contribution >= 4 is 10.1 Å². The fourth-order valence-electron chi connectivity index (χ4n) is 3.06. The second-order valence-corrected chi connectivity index (χ2v) is 8.24. The first-order valence-corrected chi connectivity index (χ1v) is 11.2. The van der Waals surface area contributed by atoms with Crippen molar-refractivity contribution in [3.05, 3.63) is 54.1 Å². The molecule has 0 unspecified atom stereocenters. The molecule has 0 aliphatic carbocycles. The van der Waals surface area contributed by atoms with Crippen molar-refractivity contribution in [2.45, 2.75) is 69.6 Å². The van der Waals surface area contributed by atoms with Crippen LogP contribution >= 0.6 is 0 Å². The fraction of sp³-hybridized carbons (Fsp3) is 0.455. The van der Waals surface area contributed by atoms with Gasteiger partial charge in [-0.25, -0.2) is 8.42 Å². The Balaban J connectivity index is 0.00000392. The van der Waals surface area contributed by atoms with E-state index in [1.807, 2.05) is 18.2 Å². The average Bonchev–Trinajstić information content (AvgIpc) is 2.65. The number of aryl methyl sites for hydroxylation is 1. The van der Waals surface area contributed by atoms with Crippen molar-refractivity contribution in [1.82, 2.24) is 0 Å². The molecule has 0 bridgehead atoms. The summed E-state index contributed by atoms with van der Waals surface area (Å²) in [4.78, 5) is -0.256. The average molecular weight is 429 g/mol. The number of para-hydroxylation sites is 1. The van der Waals surface area contributed by atoms with Gasteiger partial charge in [0.25, 0.3) is 0 Å². The molecule has 0 saturated carbocycles. The summed E-state index contributed by atoms with van der Waals surface area (Å²) in [6.45, 7) is 2.22. The van der Waals surface area contributed by atoms with Gasteiger partial charge in [-0.1, -0.05) is 76.1 Å². The fourth-order valence-corrected chi connectivity index (χ4v) is 3.54. The normalized spacial score (nSPS) is 11.1. The SMILES string of the molecule is CCCCCCCCCCc1ccc(S(=O)(=O)[O-])cc1Oc1ccccc1.[K+]. The van der Waals surface area contributed by atoms with E-state index in [4.69, 9.17) is 4.74 Å². The van der Waals surface area contributed by atoms with Gasteiger partial charge in [0, 0.05) is 0 Å². The second-order valence-electron chi connectivity index (χ2n) is 6.86. The van der Waals surface area contributed by atoms with Crippen LogP contribution in [0, 0.1) is 0 Å². The van der Waals surface area contributed by atoms with Gasteiger partial charge in [-0.3, -0.25) is 0 Å². The molecule has 0 fully saturated rings. The topological polar surface area (TPSA) is 66.4 Å². The van der Waals surface area contributed by atoms with Crippen molar-refractivity contribution in [2.75, 3.05) is 0 Å². The molecular weight excluding hydrogens is 399 g/mol. The Morgan fingerprint density at radius 2 is 1.46 bits per heavy atom. The zero-order valence-corrected chi connectivity index (χ0v) is 21.0. The van der Waals surface area contributed by atoms with Gasteiger partial charge in [0.05, 0.1) is 4.90 Å². The molecule has 4 nitrogen and oxygen atoms in total. The van der Waals surface area contributed by atoms with E-state index in [1.165, 1.54) is 50.7 Å². The minimum Gasteiger partial charge on any atom is -0.744 e. The molecule has 0 radical (unpaired) electrons. The molecule has 6 heteroatoms. The maximum absolute atomic E-state index is 11.3. The number of unbranched alkanes of at least 4 members (excludes halogenated alkanes) is 7. The van der Waals surface area contributed by atoms with Gasteiger partial charge >= 0.3 is 51.4 Å². The van der Waals surface area contributed by atoms with Gasteiger partial charge in [-0.05, 0) is 42.7 Å². The van der Waals surface area contributed by atoms with Crippen LogP contribution in [0.3, 0.4) is 0 Å². The van der Waals surface area contributed by atoms with Crippen LogP contribution in [0.2, 0.25) is 0 Å². The van der Waals surface area contributed by atoms with Crippen molar-refractivity contribution in [1.29, 1.82) is 0 Å². The summed E-state index contributed by atoms with van der Waals surface area (Å²) in [7, 11) is -4.50. The molecule has 2 aromatic carbocycles. The van der Waals surface area contributed by atoms with Gasteiger partial charge in [-0.2, -0.15) is 0 Å². The van der Waals surface area contributed by atoms with E-state index in [-0.39, 0.29) is 56.3 Å². The minimum atomic E-state index is -4.50. The van der Waals surface area contributed by atoms with Gasteiger partial charge in [0.15, 0.2) is 0 Å². The number of ether oxygens (including phenoxy) is 1. The van der Waals surface area contributed by atoms with Crippen LogP contribution in [0.15, 0.2) is 53.4 Å². The molecule has 0 amide bonds. The summed E-state index contributed by atoms with van der Waals surface area (Å²) < 4.78 is 39.9. The first-order chi connectivity index (χ1) is 13.0. The van der Waals surface area contributed by atoms with Gasteiger partial charge in [-0.15, -0.1) is 0 Å². The Bertz CT molecular complexity index is 791. The number of rotatable bonds is 12. The Labute approximate surface area is 212 Å². The monoisotopic (exact) mass is 428 g/mol. The summed E-state index contributed by atoms with van der Waals surface area (Å²) in [5, 5.41) is 0. The molecule has 2 aromatic rings. The van der Waals surface area contributed by atoms with Crippen molar-refractivity contribution < 1.29 is 69.1 Å². The van der Waals surface area contributed by atoms with Crippen LogP contribution in [0.1, 0.15) is 63.9 Å². The van der Waals surface area contributed by atoms with Crippen LogP contribution in [0.4, 0.5) is 0 Å². The third-order valence-electron chi connectivity index (χ3n) is 4.60. The quantitative estimate of drug-likeness (QED) is 0.296. The Morgan fingerprint density at radius 1 is 0.857 bits per heavy atom. The Morgan fingerprint density at radius 3 is 2.07 bits per heavy atom. The van der Waals surface area contributed by atoms with E-state index in [0.717, 1.165) is 24.8 Å². The summed E-state index contributed by atoms with van der Waals surface area (Å²) >= 11 is 0. The van der Waals surface area contributed by atoms with Crippen LogP contribution in [-0.4, -0.2) is 13.0 Å². The number of hydrogen-bond donors (Lipinski definition) is 0. The molecule has 0 spiro atoms. The van der Waals surface area contributed by atoms with Gasteiger partial charge in [0.1, 0.15) is 21.6 Å². The number of benzene rings is 2. The van der Waals surface area contributed by atoms with Crippen molar-refractivity contribution in [3.8, 4) is 11.5 Å². The second kappa shape index (κ2) is 13.9. The predicted molar refractivity (Wildman–Crippen MR) is 107 cm³/mol. The zero-order valence-electron chi connectivity index (χ0n) is 17.0. The van der Waals surface area contributed by atoms with E-state index in [9.17, 15) is 13.0 Å². The van der Waals surface area contributed by atoms with E-state index in [2.05, 4.69) is 6.92 Å². The van der Waals surface area contributed by atoms with E-state index < -0.39 is 10.1 Å². The molecule has 28 heavy (non-hydrogen) atoms. The summed E-state index contributed by atoms with van der Waals surface area (Å²) in [5.41, 5.74) is 0.928. The third-order valence-corrected chi connectivity index (χ3v) is 5.43. The molecule has 0 aliphatic heterocycles. The first-order valence-electron chi connectivity index (χ1n) is 9.82. The molecular formula is C22H29KO4S. The molecule has 0 heterocycles. The summed E-state index contributed by atoms with van der Waals surface area (Å²) in [5.74, 6) is 1.07. The van der Waals surface area contributed by atoms with E-state index in [1.54, 1.807) is 18.2 Å². The molecule has 0 saturated heterocycles. The molecule has 0 aromatic heterocycles. The molecule has 0 N–H and O–H groups in total. The molecule has 0 atom stereocenters. The molecule has 0 aliphatic rings. The summed E-state index contributed by atoms with van der Waals surface area (Å²) in [6.07, 6.45) is 10.6.